The van der Waals surface area contributed by atoms with E-state index in [1.54, 1.807) is 19.3 Å². The Hall–Kier alpha value is -1.67. The molecule has 27 heavy (non-hydrogen) atoms. The third-order valence-corrected chi connectivity index (χ3v) is 6.04. The van der Waals surface area contributed by atoms with Crippen molar-refractivity contribution in [3.8, 4) is 0 Å². The Morgan fingerprint density at radius 2 is 1.81 bits per heavy atom. The van der Waals surface area contributed by atoms with E-state index < -0.39 is 7.12 Å². The van der Waals surface area contributed by atoms with E-state index >= 15 is 0 Å². The van der Waals surface area contributed by atoms with Crippen LogP contribution in [0.15, 0.2) is 12.4 Å². The zero-order valence-corrected chi connectivity index (χ0v) is 17.4. The summed E-state index contributed by atoms with van der Waals surface area (Å²) in [7, 11) is 1.51. The van der Waals surface area contributed by atoms with Crippen LogP contribution in [-0.2, 0) is 14.1 Å². The number of likely N-dealkylation sites (tertiary alicyclic amines) is 1. The van der Waals surface area contributed by atoms with Crippen molar-refractivity contribution >= 4 is 24.4 Å². The molecule has 7 nitrogen and oxygen atoms in total. The standard InChI is InChI=1S/C19H31BN4O3/c1-14(25)24-10-8-7-9-16(24)13-23(6)17-21-11-15(12-22-17)20-26-18(2,3)19(4,5)27-20/h11-12,16H,7-10,13H2,1-6H3/t16-/m1/s1. The first-order valence-corrected chi connectivity index (χ1v) is 9.76. The number of amides is 1. The summed E-state index contributed by atoms with van der Waals surface area (Å²) >= 11 is 0. The van der Waals surface area contributed by atoms with Crippen LogP contribution in [-0.4, -0.2) is 65.3 Å². The monoisotopic (exact) mass is 374 g/mol. The average molecular weight is 374 g/mol. The van der Waals surface area contributed by atoms with Gasteiger partial charge in [-0.2, -0.15) is 0 Å². The minimum absolute atomic E-state index is 0.144. The van der Waals surface area contributed by atoms with Crippen molar-refractivity contribution in [1.29, 1.82) is 0 Å². The predicted molar refractivity (Wildman–Crippen MR) is 106 cm³/mol. The molecule has 0 aromatic carbocycles. The van der Waals surface area contributed by atoms with Crippen LogP contribution in [0.1, 0.15) is 53.9 Å². The van der Waals surface area contributed by atoms with Crippen molar-refractivity contribution in [1.82, 2.24) is 14.9 Å². The summed E-state index contributed by atoms with van der Waals surface area (Å²) in [6.45, 7) is 11.3. The Morgan fingerprint density at radius 3 is 2.37 bits per heavy atom. The molecule has 2 aliphatic heterocycles. The van der Waals surface area contributed by atoms with E-state index in [0.717, 1.165) is 37.8 Å². The molecule has 3 rings (SSSR count). The fourth-order valence-corrected chi connectivity index (χ4v) is 3.63. The fraction of sp³-hybridized carbons (Fsp3) is 0.737. The Labute approximate surface area is 162 Å². The molecule has 0 spiro atoms. The van der Waals surface area contributed by atoms with E-state index in [4.69, 9.17) is 9.31 Å². The van der Waals surface area contributed by atoms with Crippen LogP contribution >= 0.6 is 0 Å². The maximum atomic E-state index is 11.9. The largest absolute Gasteiger partial charge is 0.498 e. The number of aromatic nitrogens is 2. The highest BCUT2D eigenvalue weighted by Crippen LogP contribution is 2.36. The van der Waals surface area contributed by atoms with Crippen LogP contribution in [0.3, 0.4) is 0 Å². The third-order valence-electron chi connectivity index (χ3n) is 6.04. The molecular formula is C19H31BN4O3. The molecule has 2 aliphatic rings. The Bertz CT molecular complexity index is 664. The highest BCUT2D eigenvalue weighted by molar-refractivity contribution is 6.61. The van der Waals surface area contributed by atoms with E-state index in [1.807, 2.05) is 44.5 Å². The number of hydrogen-bond donors (Lipinski definition) is 0. The molecule has 1 amide bonds. The van der Waals surface area contributed by atoms with Gasteiger partial charge in [0.25, 0.3) is 0 Å². The molecule has 0 N–H and O–H groups in total. The second kappa shape index (κ2) is 7.39. The molecular weight excluding hydrogens is 343 g/mol. The summed E-state index contributed by atoms with van der Waals surface area (Å²) in [5, 5.41) is 0. The topological polar surface area (TPSA) is 67.8 Å². The number of likely N-dealkylation sites (N-methyl/N-ethyl adjacent to an activating group) is 1. The van der Waals surface area contributed by atoms with Gasteiger partial charge in [-0.3, -0.25) is 4.79 Å². The molecule has 148 valence electrons. The molecule has 0 aliphatic carbocycles. The highest BCUT2D eigenvalue weighted by atomic mass is 16.7. The number of piperidine rings is 1. The summed E-state index contributed by atoms with van der Waals surface area (Å²) in [6, 6.07) is 0.215. The molecule has 2 saturated heterocycles. The molecule has 3 heterocycles. The van der Waals surface area contributed by atoms with Crippen LogP contribution in [0.25, 0.3) is 0 Å². The average Bonchev–Trinajstić information content (AvgIpc) is 2.83. The summed E-state index contributed by atoms with van der Waals surface area (Å²) < 4.78 is 12.1. The fourth-order valence-electron chi connectivity index (χ4n) is 3.63. The Balaban J connectivity index is 1.66. The van der Waals surface area contributed by atoms with E-state index in [1.165, 1.54) is 0 Å². The van der Waals surface area contributed by atoms with Crippen molar-refractivity contribution < 1.29 is 14.1 Å². The van der Waals surface area contributed by atoms with Gasteiger partial charge in [-0.05, 0) is 47.0 Å². The molecule has 1 atom stereocenters. The maximum absolute atomic E-state index is 11.9. The van der Waals surface area contributed by atoms with Gasteiger partial charge in [0, 0.05) is 51.0 Å². The SMILES string of the molecule is CC(=O)N1CCCC[C@@H]1CN(C)c1ncc(B2OC(C)(C)C(C)(C)O2)cn1. The molecule has 0 bridgehead atoms. The maximum Gasteiger partial charge on any atom is 0.498 e. The lowest BCUT2D eigenvalue weighted by atomic mass is 9.81. The molecule has 0 unspecified atom stereocenters. The molecule has 1 aromatic heterocycles. The van der Waals surface area contributed by atoms with Crippen molar-refractivity contribution in [3.05, 3.63) is 12.4 Å². The first-order chi connectivity index (χ1) is 12.6. The number of carbonyl (C=O) groups is 1. The molecule has 2 fully saturated rings. The predicted octanol–water partition coefficient (Wildman–Crippen LogP) is 1.61. The van der Waals surface area contributed by atoms with E-state index in [0.29, 0.717) is 5.95 Å². The lowest BCUT2D eigenvalue weighted by Crippen LogP contribution is -2.48. The highest BCUT2D eigenvalue weighted by Gasteiger charge is 2.52. The summed E-state index contributed by atoms with van der Waals surface area (Å²) in [5.74, 6) is 0.787. The third kappa shape index (κ3) is 4.11. The number of nitrogens with zero attached hydrogens (tertiary/aromatic N) is 4. The summed E-state index contributed by atoms with van der Waals surface area (Å²) in [5.41, 5.74) is 0.0444. The van der Waals surface area contributed by atoms with Gasteiger partial charge in [0.1, 0.15) is 0 Å². The van der Waals surface area contributed by atoms with Crippen molar-refractivity contribution in [2.24, 2.45) is 0 Å². The molecule has 0 radical (unpaired) electrons. The number of anilines is 1. The molecule has 8 heteroatoms. The number of carbonyl (C=O) groups excluding carboxylic acids is 1. The van der Waals surface area contributed by atoms with Gasteiger partial charge < -0.3 is 19.1 Å². The van der Waals surface area contributed by atoms with Crippen LogP contribution in [0.4, 0.5) is 5.95 Å². The number of hydrogen-bond acceptors (Lipinski definition) is 6. The van der Waals surface area contributed by atoms with Gasteiger partial charge in [0.05, 0.1) is 11.2 Å². The van der Waals surface area contributed by atoms with Gasteiger partial charge in [-0.15, -0.1) is 0 Å². The Morgan fingerprint density at radius 1 is 1.22 bits per heavy atom. The summed E-state index contributed by atoms with van der Waals surface area (Å²) in [4.78, 5) is 24.9. The first-order valence-electron chi connectivity index (χ1n) is 9.76. The van der Waals surface area contributed by atoms with Gasteiger partial charge in [-0.25, -0.2) is 9.97 Å². The molecule has 0 saturated carbocycles. The zero-order valence-electron chi connectivity index (χ0n) is 17.4. The van der Waals surface area contributed by atoms with Crippen molar-refractivity contribution in [3.63, 3.8) is 0 Å². The normalized spacial score (nSPS) is 24.1. The van der Waals surface area contributed by atoms with E-state index in [9.17, 15) is 4.79 Å². The van der Waals surface area contributed by atoms with Gasteiger partial charge in [0.15, 0.2) is 0 Å². The first kappa shape index (κ1) is 20.1. The second-order valence-electron chi connectivity index (χ2n) is 8.65. The molecule has 1 aromatic rings. The van der Waals surface area contributed by atoms with Crippen molar-refractivity contribution in [2.75, 3.05) is 25.0 Å². The number of rotatable bonds is 4. The van der Waals surface area contributed by atoms with Gasteiger partial charge in [0.2, 0.25) is 11.9 Å². The van der Waals surface area contributed by atoms with Crippen molar-refractivity contribution in [2.45, 2.75) is 71.1 Å². The smallest absolute Gasteiger partial charge is 0.399 e. The lowest BCUT2D eigenvalue weighted by Gasteiger charge is -2.37. The Kier molecular flexibility index (Phi) is 5.50. The lowest BCUT2D eigenvalue weighted by molar-refractivity contribution is -0.132. The van der Waals surface area contributed by atoms with E-state index in [2.05, 4.69) is 9.97 Å². The van der Waals surface area contributed by atoms with Crippen LogP contribution in [0, 0.1) is 0 Å². The van der Waals surface area contributed by atoms with Gasteiger partial charge >= 0.3 is 7.12 Å². The minimum atomic E-state index is -0.457. The van der Waals surface area contributed by atoms with Crippen LogP contribution in [0.5, 0.6) is 0 Å². The minimum Gasteiger partial charge on any atom is -0.399 e. The summed E-state index contributed by atoms with van der Waals surface area (Å²) in [6.07, 6.45) is 6.80. The van der Waals surface area contributed by atoms with Crippen LogP contribution in [0.2, 0.25) is 0 Å². The quantitative estimate of drug-likeness (QED) is 0.746. The van der Waals surface area contributed by atoms with Crippen LogP contribution < -0.4 is 10.4 Å². The van der Waals surface area contributed by atoms with E-state index in [-0.39, 0.29) is 23.2 Å². The second-order valence-corrected chi connectivity index (χ2v) is 8.65. The zero-order chi connectivity index (χ0) is 19.8. The van der Waals surface area contributed by atoms with Gasteiger partial charge in [-0.1, -0.05) is 0 Å².